The Balaban J connectivity index is 1.29. The van der Waals surface area contributed by atoms with Crippen molar-refractivity contribution in [3.63, 3.8) is 0 Å². The van der Waals surface area contributed by atoms with Crippen LogP contribution in [0, 0.1) is 11.8 Å². The van der Waals surface area contributed by atoms with Crippen LogP contribution in [0.15, 0.2) is 66.7 Å². The zero-order valence-electron chi connectivity index (χ0n) is 15.9. The number of anilines is 1. The summed E-state index contributed by atoms with van der Waals surface area (Å²) in [5.74, 6) is 0.341. The Morgan fingerprint density at radius 3 is 2.10 bits per heavy atom. The van der Waals surface area contributed by atoms with Crippen LogP contribution in [0.2, 0.25) is 0 Å². The van der Waals surface area contributed by atoms with Gasteiger partial charge in [0.2, 0.25) is 17.7 Å². The normalized spacial score (nSPS) is 20.5. The first-order valence-electron chi connectivity index (χ1n) is 9.75. The van der Waals surface area contributed by atoms with E-state index in [9.17, 15) is 14.4 Å². The smallest absolute Gasteiger partial charge is 0.233 e. The maximum atomic E-state index is 12.4. The molecule has 2 aliphatic rings. The molecule has 1 aliphatic carbocycles. The number of fused-ring (bicyclic) bond motifs is 1. The molecule has 0 aromatic heterocycles. The maximum Gasteiger partial charge on any atom is 0.233 e. The minimum absolute atomic E-state index is 0.0760. The topological polar surface area (TPSA) is 75.7 Å². The van der Waals surface area contributed by atoms with Crippen molar-refractivity contribution in [1.82, 2.24) is 4.90 Å². The van der Waals surface area contributed by atoms with Crippen molar-refractivity contribution in [3.05, 3.63) is 66.7 Å². The highest BCUT2D eigenvalue weighted by Crippen LogP contribution is 2.35. The molecule has 3 amide bonds. The molecule has 1 N–H and O–H groups in total. The molecule has 1 saturated heterocycles. The number of hydrogen-bond donors (Lipinski definition) is 1. The SMILES string of the molecule is O=C(CCN1C(=O)[C@H]2CC=CC[C@H]2C1=O)Nc1ccc(Oc2ccccc2)cc1. The van der Waals surface area contributed by atoms with Crippen molar-refractivity contribution in [2.24, 2.45) is 11.8 Å². The Bertz CT molecular complexity index is 911. The van der Waals surface area contributed by atoms with Gasteiger partial charge in [-0.15, -0.1) is 0 Å². The molecule has 0 radical (unpaired) electrons. The van der Waals surface area contributed by atoms with Crippen LogP contribution in [0.25, 0.3) is 0 Å². The van der Waals surface area contributed by atoms with Gasteiger partial charge >= 0.3 is 0 Å². The number of imide groups is 1. The lowest BCUT2D eigenvalue weighted by atomic mass is 9.85. The fourth-order valence-corrected chi connectivity index (χ4v) is 3.76. The first kappa shape index (κ1) is 18.9. The van der Waals surface area contributed by atoms with Crippen molar-refractivity contribution in [2.75, 3.05) is 11.9 Å². The first-order valence-corrected chi connectivity index (χ1v) is 9.75. The van der Waals surface area contributed by atoms with Gasteiger partial charge < -0.3 is 10.1 Å². The number of allylic oxidation sites excluding steroid dienone is 2. The molecule has 0 bridgehead atoms. The van der Waals surface area contributed by atoms with Crippen LogP contribution in [0.5, 0.6) is 11.5 Å². The number of rotatable bonds is 6. The molecule has 1 fully saturated rings. The number of nitrogens with one attached hydrogen (secondary N) is 1. The predicted octanol–water partition coefficient (Wildman–Crippen LogP) is 3.76. The summed E-state index contributed by atoms with van der Waals surface area (Å²) >= 11 is 0. The van der Waals surface area contributed by atoms with Crippen molar-refractivity contribution in [2.45, 2.75) is 19.3 Å². The lowest BCUT2D eigenvalue weighted by Crippen LogP contribution is -2.34. The van der Waals surface area contributed by atoms with Gasteiger partial charge in [-0.05, 0) is 49.2 Å². The highest BCUT2D eigenvalue weighted by Gasteiger charge is 2.46. The third kappa shape index (κ3) is 4.21. The maximum absolute atomic E-state index is 12.4. The van der Waals surface area contributed by atoms with Crippen molar-refractivity contribution in [1.29, 1.82) is 0 Å². The Morgan fingerprint density at radius 1 is 0.897 bits per heavy atom. The van der Waals surface area contributed by atoms with Gasteiger partial charge in [-0.25, -0.2) is 0 Å². The van der Waals surface area contributed by atoms with Crippen molar-refractivity contribution >= 4 is 23.4 Å². The van der Waals surface area contributed by atoms with Gasteiger partial charge in [0, 0.05) is 18.7 Å². The number of hydrogen-bond acceptors (Lipinski definition) is 4. The largest absolute Gasteiger partial charge is 0.457 e. The van der Waals surface area contributed by atoms with Gasteiger partial charge in [-0.2, -0.15) is 0 Å². The van der Waals surface area contributed by atoms with E-state index in [0.29, 0.717) is 24.3 Å². The van der Waals surface area contributed by atoms with Gasteiger partial charge in [-0.3, -0.25) is 19.3 Å². The van der Waals surface area contributed by atoms with E-state index < -0.39 is 0 Å². The molecule has 0 saturated carbocycles. The summed E-state index contributed by atoms with van der Waals surface area (Å²) in [6.07, 6.45) is 5.19. The average molecular weight is 390 g/mol. The second-order valence-electron chi connectivity index (χ2n) is 7.22. The average Bonchev–Trinajstić information content (AvgIpc) is 2.99. The van der Waals surface area contributed by atoms with Crippen LogP contribution in [-0.4, -0.2) is 29.2 Å². The molecule has 148 valence electrons. The van der Waals surface area contributed by atoms with Gasteiger partial charge in [0.05, 0.1) is 11.8 Å². The molecule has 6 heteroatoms. The molecule has 4 rings (SSSR count). The monoisotopic (exact) mass is 390 g/mol. The highest BCUT2D eigenvalue weighted by atomic mass is 16.5. The van der Waals surface area contributed by atoms with Crippen LogP contribution in [0.3, 0.4) is 0 Å². The number of likely N-dealkylation sites (tertiary alicyclic amines) is 1. The van der Waals surface area contributed by atoms with E-state index in [1.165, 1.54) is 4.90 Å². The van der Waals surface area contributed by atoms with E-state index in [2.05, 4.69) is 5.32 Å². The summed E-state index contributed by atoms with van der Waals surface area (Å²) in [6.45, 7) is 0.117. The van der Waals surface area contributed by atoms with Gasteiger partial charge in [0.25, 0.3) is 0 Å². The summed E-state index contributed by atoms with van der Waals surface area (Å²) in [7, 11) is 0. The van der Waals surface area contributed by atoms with E-state index >= 15 is 0 Å². The van der Waals surface area contributed by atoms with Crippen molar-refractivity contribution in [3.8, 4) is 11.5 Å². The van der Waals surface area contributed by atoms with Crippen LogP contribution in [-0.2, 0) is 14.4 Å². The van der Waals surface area contributed by atoms with Crippen LogP contribution >= 0.6 is 0 Å². The minimum atomic E-state index is -0.257. The summed E-state index contributed by atoms with van der Waals surface area (Å²) < 4.78 is 5.72. The molecule has 1 aliphatic heterocycles. The highest BCUT2D eigenvalue weighted by molar-refractivity contribution is 6.05. The predicted molar refractivity (Wildman–Crippen MR) is 108 cm³/mol. The Kier molecular flexibility index (Phi) is 5.42. The first-order chi connectivity index (χ1) is 14.1. The summed E-state index contributed by atoms with van der Waals surface area (Å²) in [6, 6.07) is 16.5. The number of nitrogens with zero attached hydrogens (tertiary/aromatic N) is 1. The summed E-state index contributed by atoms with van der Waals surface area (Å²) in [5.41, 5.74) is 0.632. The van der Waals surface area contributed by atoms with E-state index in [4.69, 9.17) is 4.74 Å². The molecule has 0 unspecified atom stereocenters. The molecular formula is C23H22N2O4. The van der Waals surface area contributed by atoms with Crippen molar-refractivity contribution < 1.29 is 19.1 Å². The molecule has 2 aromatic rings. The molecule has 2 atom stereocenters. The molecular weight excluding hydrogens is 368 g/mol. The molecule has 0 spiro atoms. The summed E-state index contributed by atoms with van der Waals surface area (Å²) in [4.78, 5) is 38.4. The zero-order chi connectivity index (χ0) is 20.2. The number of para-hydroxylation sites is 1. The number of amides is 3. The number of carbonyl (C=O) groups is 3. The number of benzene rings is 2. The Hall–Kier alpha value is -3.41. The second-order valence-corrected chi connectivity index (χ2v) is 7.22. The fraction of sp³-hybridized carbons (Fsp3) is 0.261. The van der Waals surface area contributed by atoms with Crippen LogP contribution < -0.4 is 10.1 Å². The van der Waals surface area contributed by atoms with E-state index in [1.807, 2.05) is 42.5 Å². The molecule has 29 heavy (non-hydrogen) atoms. The lowest BCUT2D eigenvalue weighted by molar-refractivity contribution is -0.140. The molecule has 1 heterocycles. The standard InChI is InChI=1S/C23H22N2O4/c26-21(14-15-25-22(27)19-8-4-5-9-20(19)23(25)28)24-16-10-12-18(13-11-16)29-17-6-2-1-3-7-17/h1-7,10-13,19-20H,8-9,14-15H2,(H,24,26)/t19-,20+. The van der Waals surface area contributed by atoms with E-state index in [1.54, 1.807) is 24.3 Å². The van der Waals surface area contributed by atoms with E-state index in [0.717, 1.165) is 5.75 Å². The number of ether oxygens (including phenoxy) is 1. The Labute approximate surface area is 169 Å². The number of carbonyl (C=O) groups excluding carboxylic acids is 3. The Morgan fingerprint density at radius 2 is 1.48 bits per heavy atom. The molecule has 6 nitrogen and oxygen atoms in total. The quantitative estimate of drug-likeness (QED) is 0.602. The minimum Gasteiger partial charge on any atom is -0.457 e. The van der Waals surface area contributed by atoms with Gasteiger partial charge in [0.1, 0.15) is 11.5 Å². The van der Waals surface area contributed by atoms with Crippen LogP contribution in [0.4, 0.5) is 5.69 Å². The third-order valence-electron chi connectivity index (χ3n) is 5.28. The summed E-state index contributed by atoms with van der Waals surface area (Å²) in [5, 5.41) is 2.79. The van der Waals surface area contributed by atoms with Crippen LogP contribution in [0.1, 0.15) is 19.3 Å². The molecule has 2 aromatic carbocycles. The van der Waals surface area contributed by atoms with E-state index in [-0.39, 0.29) is 42.5 Å². The fourth-order valence-electron chi connectivity index (χ4n) is 3.76. The second kappa shape index (κ2) is 8.31. The van der Waals surface area contributed by atoms with Gasteiger partial charge in [0.15, 0.2) is 0 Å². The zero-order valence-corrected chi connectivity index (χ0v) is 15.9. The lowest BCUT2D eigenvalue weighted by Gasteiger charge is -2.14. The third-order valence-corrected chi connectivity index (χ3v) is 5.28. The van der Waals surface area contributed by atoms with Gasteiger partial charge in [-0.1, -0.05) is 30.4 Å².